The molecule has 1 aliphatic heterocycles. The van der Waals surface area contributed by atoms with Crippen LogP contribution in [0.4, 0.5) is 0 Å². The number of amides is 1. The number of benzene rings is 2. The summed E-state index contributed by atoms with van der Waals surface area (Å²) in [4.78, 5) is 13.2. The first-order chi connectivity index (χ1) is 14.3. The molecule has 1 unspecified atom stereocenters. The van der Waals surface area contributed by atoms with Gasteiger partial charge in [-0.25, -0.2) is 8.42 Å². The Morgan fingerprint density at radius 3 is 2.17 bits per heavy atom. The molecule has 4 rings (SSSR count). The number of nitrogens with zero attached hydrogens (tertiary/aromatic N) is 1. The summed E-state index contributed by atoms with van der Waals surface area (Å²) in [5.41, 5.74) is 2.35. The van der Waals surface area contributed by atoms with E-state index in [0.29, 0.717) is 36.9 Å². The lowest BCUT2D eigenvalue weighted by Gasteiger charge is -2.31. The van der Waals surface area contributed by atoms with Gasteiger partial charge in [-0.3, -0.25) is 4.79 Å². The Hall–Kier alpha value is -1.89. The number of piperidine rings is 1. The minimum absolute atomic E-state index is 0.0380. The van der Waals surface area contributed by atoms with E-state index in [1.54, 1.807) is 12.1 Å². The van der Waals surface area contributed by atoms with E-state index >= 15 is 0 Å². The van der Waals surface area contributed by atoms with E-state index in [4.69, 9.17) is 11.6 Å². The number of hydrogen-bond donors (Lipinski definition) is 1. The second-order valence-electron chi connectivity index (χ2n) is 8.37. The summed E-state index contributed by atoms with van der Waals surface area (Å²) in [6.45, 7) is 2.75. The molecule has 0 bridgehead atoms. The molecule has 2 fully saturated rings. The van der Waals surface area contributed by atoms with E-state index in [1.165, 1.54) is 22.0 Å². The summed E-state index contributed by atoms with van der Waals surface area (Å²) >= 11 is 5.87. The molecule has 2 aromatic carbocycles. The third-order valence-corrected chi connectivity index (χ3v) is 8.27. The zero-order valence-corrected chi connectivity index (χ0v) is 18.6. The van der Waals surface area contributed by atoms with Crippen molar-refractivity contribution < 1.29 is 13.2 Å². The highest BCUT2D eigenvalue weighted by Gasteiger charge is 2.36. The number of hydrogen-bond acceptors (Lipinski definition) is 3. The fourth-order valence-corrected chi connectivity index (χ4v) is 5.66. The molecule has 2 aliphatic rings. The lowest BCUT2D eigenvalue weighted by molar-refractivity contribution is -0.127. The third-order valence-electron chi connectivity index (χ3n) is 6.10. The predicted octanol–water partition coefficient (Wildman–Crippen LogP) is 4.32. The van der Waals surface area contributed by atoms with Gasteiger partial charge in [0.1, 0.15) is 0 Å². The summed E-state index contributed by atoms with van der Waals surface area (Å²) in [6, 6.07) is 14.6. The predicted molar refractivity (Wildman–Crippen MR) is 118 cm³/mol. The number of carbonyl (C=O) groups excluding carboxylic acids is 1. The quantitative estimate of drug-likeness (QED) is 0.718. The van der Waals surface area contributed by atoms with Crippen molar-refractivity contribution in [2.75, 3.05) is 13.1 Å². The van der Waals surface area contributed by atoms with Crippen LogP contribution in [0, 0.1) is 18.8 Å². The van der Waals surface area contributed by atoms with Crippen molar-refractivity contribution in [1.29, 1.82) is 0 Å². The standard InChI is InChI=1S/C23H27ClN2O3S/c1-16-2-4-17(5-3-16)22(18-6-7-18)25-23(27)19-12-14-26(15-13-19)30(28,29)21-10-8-20(24)9-11-21/h2-5,8-11,18-19,22H,6-7,12-15H2,1H3,(H,25,27). The number of rotatable bonds is 6. The Balaban J connectivity index is 1.38. The van der Waals surface area contributed by atoms with E-state index in [-0.39, 0.29) is 22.8 Å². The minimum Gasteiger partial charge on any atom is -0.349 e. The highest BCUT2D eigenvalue weighted by Crippen LogP contribution is 2.41. The topological polar surface area (TPSA) is 66.5 Å². The van der Waals surface area contributed by atoms with Gasteiger partial charge in [0.15, 0.2) is 0 Å². The fourth-order valence-electron chi connectivity index (χ4n) is 4.06. The Kier molecular flexibility index (Phi) is 6.19. The van der Waals surface area contributed by atoms with Crippen LogP contribution in [0.3, 0.4) is 0 Å². The highest BCUT2D eigenvalue weighted by molar-refractivity contribution is 7.89. The minimum atomic E-state index is -3.56. The summed E-state index contributed by atoms with van der Waals surface area (Å²) in [5, 5.41) is 3.76. The van der Waals surface area contributed by atoms with Crippen LogP contribution in [0.25, 0.3) is 0 Å². The Morgan fingerprint density at radius 1 is 1.00 bits per heavy atom. The van der Waals surface area contributed by atoms with Gasteiger partial charge in [0.05, 0.1) is 10.9 Å². The smallest absolute Gasteiger partial charge is 0.243 e. The maximum atomic E-state index is 13.0. The lowest BCUT2D eigenvalue weighted by Crippen LogP contribution is -2.43. The van der Waals surface area contributed by atoms with Gasteiger partial charge in [0.2, 0.25) is 15.9 Å². The molecule has 1 saturated carbocycles. The Bertz CT molecular complexity index is 994. The first-order valence-corrected chi connectivity index (χ1v) is 12.3. The van der Waals surface area contributed by atoms with Crippen LogP contribution in [-0.4, -0.2) is 31.7 Å². The molecule has 1 N–H and O–H groups in total. The molecule has 1 aliphatic carbocycles. The van der Waals surface area contributed by atoms with E-state index in [0.717, 1.165) is 18.4 Å². The zero-order valence-electron chi connectivity index (χ0n) is 17.1. The third kappa shape index (κ3) is 4.71. The first kappa shape index (κ1) is 21.3. The number of aryl methyl sites for hydroxylation is 1. The summed E-state index contributed by atoms with van der Waals surface area (Å²) in [7, 11) is -3.56. The Labute approximate surface area is 183 Å². The molecule has 7 heteroatoms. The second-order valence-corrected chi connectivity index (χ2v) is 10.7. The van der Waals surface area contributed by atoms with Crippen LogP contribution in [0.5, 0.6) is 0 Å². The Morgan fingerprint density at radius 2 is 1.60 bits per heavy atom. The molecule has 1 amide bonds. The zero-order chi connectivity index (χ0) is 21.3. The van der Waals surface area contributed by atoms with Gasteiger partial charge in [-0.05, 0) is 68.4 Å². The number of halogens is 1. The second kappa shape index (κ2) is 8.69. The van der Waals surface area contributed by atoms with Gasteiger partial charge >= 0.3 is 0 Å². The normalized spacial score (nSPS) is 19.4. The van der Waals surface area contributed by atoms with Gasteiger partial charge in [-0.1, -0.05) is 41.4 Å². The van der Waals surface area contributed by atoms with E-state index in [1.807, 2.05) is 0 Å². The molecule has 0 radical (unpaired) electrons. The van der Waals surface area contributed by atoms with Crippen molar-refractivity contribution in [3.8, 4) is 0 Å². The summed E-state index contributed by atoms with van der Waals surface area (Å²) in [6.07, 6.45) is 3.33. The first-order valence-electron chi connectivity index (χ1n) is 10.5. The van der Waals surface area contributed by atoms with Crippen LogP contribution in [0.1, 0.15) is 42.9 Å². The molecule has 5 nitrogen and oxygen atoms in total. The van der Waals surface area contributed by atoms with Crippen molar-refractivity contribution in [1.82, 2.24) is 9.62 Å². The molecule has 1 atom stereocenters. The van der Waals surface area contributed by atoms with E-state index < -0.39 is 10.0 Å². The maximum Gasteiger partial charge on any atom is 0.243 e. The molecule has 30 heavy (non-hydrogen) atoms. The van der Waals surface area contributed by atoms with Gasteiger partial charge in [-0.2, -0.15) is 4.31 Å². The molecular formula is C23H27ClN2O3S. The molecule has 0 spiro atoms. The van der Waals surface area contributed by atoms with Gasteiger partial charge in [-0.15, -0.1) is 0 Å². The number of carbonyl (C=O) groups is 1. The van der Waals surface area contributed by atoms with Gasteiger partial charge < -0.3 is 5.32 Å². The SMILES string of the molecule is Cc1ccc(C(NC(=O)C2CCN(S(=O)(=O)c3ccc(Cl)cc3)CC2)C2CC2)cc1. The van der Waals surface area contributed by atoms with Crippen LogP contribution in [0.2, 0.25) is 5.02 Å². The average molecular weight is 447 g/mol. The van der Waals surface area contributed by atoms with Crippen molar-refractivity contribution in [2.45, 2.75) is 43.5 Å². The molecule has 2 aromatic rings. The monoisotopic (exact) mass is 446 g/mol. The van der Waals surface area contributed by atoms with E-state index in [2.05, 4.69) is 36.5 Å². The van der Waals surface area contributed by atoms with Crippen LogP contribution >= 0.6 is 11.6 Å². The van der Waals surface area contributed by atoms with Crippen molar-refractivity contribution in [2.24, 2.45) is 11.8 Å². The molecule has 0 aromatic heterocycles. The lowest BCUT2D eigenvalue weighted by atomic mass is 9.95. The maximum absolute atomic E-state index is 13.0. The highest BCUT2D eigenvalue weighted by atomic mass is 35.5. The van der Waals surface area contributed by atoms with Crippen molar-refractivity contribution in [3.05, 3.63) is 64.7 Å². The fraction of sp³-hybridized carbons (Fsp3) is 0.435. The average Bonchev–Trinajstić information content (AvgIpc) is 3.58. The van der Waals surface area contributed by atoms with Crippen molar-refractivity contribution in [3.63, 3.8) is 0 Å². The van der Waals surface area contributed by atoms with Crippen LogP contribution in [0.15, 0.2) is 53.4 Å². The van der Waals surface area contributed by atoms with Crippen LogP contribution in [-0.2, 0) is 14.8 Å². The summed E-state index contributed by atoms with van der Waals surface area (Å²) in [5.74, 6) is 0.381. The largest absolute Gasteiger partial charge is 0.349 e. The van der Waals surface area contributed by atoms with Gasteiger partial charge in [0.25, 0.3) is 0 Å². The number of nitrogens with one attached hydrogen (secondary N) is 1. The molecule has 1 heterocycles. The molecule has 1 saturated heterocycles. The molecule has 160 valence electrons. The molecular weight excluding hydrogens is 420 g/mol. The summed E-state index contributed by atoms with van der Waals surface area (Å²) < 4.78 is 27.2. The van der Waals surface area contributed by atoms with E-state index in [9.17, 15) is 13.2 Å². The van der Waals surface area contributed by atoms with Crippen LogP contribution < -0.4 is 5.32 Å². The van der Waals surface area contributed by atoms with Crippen molar-refractivity contribution >= 4 is 27.5 Å². The number of sulfonamides is 1. The van der Waals surface area contributed by atoms with Gasteiger partial charge in [0, 0.05) is 24.0 Å².